The lowest BCUT2D eigenvalue weighted by atomic mass is 9.81. The molecule has 5 aromatic rings. The Hall–Kier alpha value is -6.36. The first-order valence-corrected chi connectivity index (χ1v) is 15.9. The van der Waals surface area contributed by atoms with Gasteiger partial charge < -0.3 is 14.6 Å². The quantitative estimate of drug-likeness (QED) is 0.0357. The summed E-state index contributed by atoms with van der Waals surface area (Å²) in [6, 6.07) is 34.8. The van der Waals surface area contributed by atoms with Crippen LogP contribution in [0.2, 0.25) is 0 Å². The Bertz CT molecular complexity index is 2120. The monoisotopic (exact) mass is 667 g/mol. The van der Waals surface area contributed by atoms with Crippen molar-refractivity contribution in [3.8, 4) is 5.75 Å². The number of hydrogen-bond donors (Lipinski definition) is 3. The van der Waals surface area contributed by atoms with E-state index < -0.39 is 17.6 Å². The lowest BCUT2D eigenvalue weighted by molar-refractivity contribution is -0.130. The third kappa shape index (κ3) is 7.21. The van der Waals surface area contributed by atoms with Gasteiger partial charge in [0.25, 0.3) is 5.91 Å². The molecule has 0 saturated carbocycles. The van der Waals surface area contributed by atoms with E-state index in [-0.39, 0.29) is 24.6 Å². The first kappa shape index (κ1) is 33.5. The van der Waals surface area contributed by atoms with E-state index in [1.807, 2.05) is 42.5 Å². The summed E-state index contributed by atoms with van der Waals surface area (Å²) in [5.41, 5.74) is 26.2. The van der Waals surface area contributed by atoms with Gasteiger partial charge in [0.15, 0.2) is 11.6 Å². The molecular weight excluding hydrogens is 634 g/mol. The zero-order valence-electron chi connectivity index (χ0n) is 26.9. The maximum Gasteiger partial charge on any atom is 0.266 e. The van der Waals surface area contributed by atoms with Gasteiger partial charge in [0.2, 0.25) is 5.90 Å². The molecule has 0 radical (unpaired) electrons. The van der Waals surface area contributed by atoms with Gasteiger partial charge in [0, 0.05) is 58.3 Å². The van der Waals surface area contributed by atoms with Crippen LogP contribution in [0.25, 0.3) is 31.7 Å². The predicted octanol–water partition coefficient (Wildman–Crippen LogP) is 7.81. The topological polar surface area (TPSA) is 190 Å². The largest absolute Gasteiger partial charge is 0.494 e. The number of nitrogens with one attached hydrogen (secondary N) is 2. The number of azide groups is 2. The number of benzene rings is 5. The highest BCUT2D eigenvalue weighted by molar-refractivity contribution is 6.01. The molecule has 1 amide bonds. The molecule has 250 valence electrons. The highest BCUT2D eigenvalue weighted by Gasteiger charge is 2.54. The van der Waals surface area contributed by atoms with Gasteiger partial charge in [0.1, 0.15) is 5.75 Å². The van der Waals surface area contributed by atoms with Crippen LogP contribution in [0.5, 0.6) is 5.75 Å². The van der Waals surface area contributed by atoms with Crippen molar-refractivity contribution in [1.29, 1.82) is 0 Å². The second-order valence-corrected chi connectivity index (χ2v) is 11.5. The van der Waals surface area contributed by atoms with Crippen LogP contribution in [0.15, 0.2) is 130 Å². The fourth-order valence-electron chi connectivity index (χ4n) is 5.98. The number of ether oxygens (including phenoxy) is 2. The van der Waals surface area contributed by atoms with E-state index in [0.29, 0.717) is 47.7 Å². The number of fused-ring (bicyclic) bond motifs is 1. The van der Waals surface area contributed by atoms with E-state index in [1.54, 1.807) is 72.8 Å². The van der Waals surface area contributed by atoms with Crippen LogP contribution in [0.1, 0.15) is 34.8 Å². The van der Waals surface area contributed by atoms with Crippen molar-refractivity contribution in [2.75, 3.05) is 13.2 Å². The van der Waals surface area contributed by atoms with Crippen molar-refractivity contribution >= 4 is 34.0 Å². The summed E-state index contributed by atoms with van der Waals surface area (Å²) in [4.78, 5) is 25.7. The van der Waals surface area contributed by atoms with Gasteiger partial charge in [-0.3, -0.25) is 10.2 Å². The van der Waals surface area contributed by atoms with Crippen molar-refractivity contribution in [2.24, 2.45) is 15.2 Å². The van der Waals surface area contributed by atoms with Gasteiger partial charge in [-0.2, -0.15) is 0 Å². The zero-order valence-corrected chi connectivity index (χ0v) is 26.9. The lowest BCUT2D eigenvalue weighted by Gasteiger charge is -2.31. The molecule has 0 saturated heterocycles. The van der Waals surface area contributed by atoms with Crippen LogP contribution in [0.3, 0.4) is 0 Å². The van der Waals surface area contributed by atoms with E-state index in [0.717, 1.165) is 16.3 Å². The highest BCUT2D eigenvalue weighted by Crippen LogP contribution is 2.46. The maximum atomic E-state index is 14.7. The number of aliphatic imine (C=N–C) groups is 1. The molecule has 3 N–H and O–H groups in total. The molecule has 50 heavy (non-hydrogen) atoms. The highest BCUT2D eigenvalue weighted by atomic mass is 16.5. The molecule has 0 fully saturated rings. The minimum Gasteiger partial charge on any atom is -0.494 e. The molecule has 0 spiro atoms. The maximum absolute atomic E-state index is 14.7. The van der Waals surface area contributed by atoms with E-state index >= 15 is 0 Å². The fraction of sp³-hybridized carbons (Fsp3) is 0.189. The molecule has 2 atom stereocenters. The molecule has 6 rings (SSSR count). The average Bonchev–Trinajstić information content (AvgIpc) is 3.53. The summed E-state index contributed by atoms with van der Waals surface area (Å²) in [5.74, 6) is 0.252. The zero-order chi connectivity index (χ0) is 34.8. The van der Waals surface area contributed by atoms with Crippen LogP contribution >= 0.6 is 0 Å². The predicted molar refractivity (Wildman–Crippen MR) is 190 cm³/mol. The molecule has 5 aromatic carbocycles. The lowest BCUT2D eigenvalue weighted by Crippen LogP contribution is -2.53. The van der Waals surface area contributed by atoms with Crippen molar-refractivity contribution in [3.05, 3.63) is 158 Å². The summed E-state index contributed by atoms with van der Waals surface area (Å²) in [6.07, 6.45) is -0.614. The van der Waals surface area contributed by atoms with E-state index in [2.05, 4.69) is 30.9 Å². The third-order valence-electron chi connectivity index (χ3n) is 8.37. The van der Waals surface area contributed by atoms with Gasteiger partial charge in [-0.05, 0) is 57.2 Å². The van der Waals surface area contributed by atoms with Gasteiger partial charge >= 0.3 is 0 Å². The van der Waals surface area contributed by atoms with Crippen LogP contribution in [0.4, 0.5) is 11.4 Å². The van der Waals surface area contributed by atoms with Crippen LogP contribution in [0, 0.1) is 0 Å². The Morgan fingerprint density at radius 2 is 1.54 bits per heavy atom. The Morgan fingerprint density at radius 3 is 2.34 bits per heavy atom. The number of amides is 1. The molecule has 0 unspecified atom stereocenters. The van der Waals surface area contributed by atoms with Crippen LogP contribution < -0.4 is 15.6 Å². The number of carbonyl (C=O) groups excluding carboxylic acids is 1. The van der Waals surface area contributed by atoms with Gasteiger partial charge in [0.05, 0.1) is 6.61 Å². The van der Waals surface area contributed by atoms with Gasteiger partial charge in [-0.15, -0.1) is 0 Å². The molecule has 1 aliphatic heterocycles. The van der Waals surface area contributed by atoms with Crippen molar-refractivity contribution in [3.63, 3.8) is 0 Å². The van der Waals surface area contributed by atoms with Gasteiger partial charge in [-0.1, -0.05) is 101 Å². The smallest absolute Gasteiger partial charge is 0.266 e. The molecule has 1 heterocycles. The summed E-state index contributed by atoms with van der Waals surface area (Å²) in [7, 11) is 0. The molecule has 1 aliphatic rings. The van der Waals surface area contributed by atoms with E-state index in [1.165, 1.54) is 0 Å². The summed E-state index contributed by atoms with van der Waals surface area (Å²) >= 11 is 0. The number of hydrazine groups is 1. The minimum atomic E-state index is -1.68. The molecule has 0 aliphatic carbocycles. The average molecular weight is 668 g/mol. The SMILES string of the molecule is [N-]=[N+]=Nc1ccccc1C[C@]1(C(=O)NNCc2cccc3ccccc23)N=C(c2ccc(OCCCO)cc2)O[C@H]1c1ccccc1N=[N+]=[N-]. The van der Waals surface area contributed by atoms with E-state index in [9.17, 15) is 15.9 Å². The molecule has 13 heteroatoms. The molecule has 0 aromatic heterocycles. The van der Waals surface area contributed by atoms with Crippen molar-refractivity contribution in [1.82, 2.24) is 10.9 Å². The van der Waals surface area contributed by atoms with Crippen molar-refractivity contribution in [2.45, 2.75) is 31.0 Å². The second-order valence-electron chi connectivity index (χ2n) is 11.5. The fourth-order valence-corrected chi connectivity index (χ4v) is 5.98. The van der Waals surface area contributed by atoms with Crippen LogP contribution in [-0.4, -0.2) is 35.7 Å². The van der Waals surface area contributed by atoms with Crippen molar-refractivity contribution < 1.29 is 19.4 Å². The Kier molecular flexibility index (Phi) is 10.5. The summed E-state index contributed by atoms with van der Waals surface area (Å²) in [5, 5.41) is 19.0. The Labute approximate surface area is 287 Å². The van der Waals surface area contributed by atoms with Gasteiger partial charge in [-0.25, -0.2) is 10.4 Å². The third-order valence-corrected chi connectivity index (χ3v) is 8.37. The molecular formula is C37H33N9O4. The minimum absolute atomic E-state index is 0.0190. The number of aliphatic hydroxyl groups is 1. The number of aliphatic hydroxyl groups excluding tert-OH is 1. The second kappa shape index (κ2) is 15.7. The van der Waals surface area contributed by atoms with E-state index in [4.69, 9.17) is 19.6 Å². The number of nitrogens with zero attached hydrogens (tertiary/aromatic N) is 7. The first-order chi connectivity index (χ1) is 24.6. The molecule has 0 bridgehead atoms. The number of rotatable bonds is 14. The Morgan fingerprint density at radius 1 is 0.860 bits per heavy atom. The number of hydrogen-bond acceptors (Lipinski definition) is 8. The first-order valence-electron chi connectivity index (χ1n) is 15.9. The summed E-state index contributed by atoms with van der Waals surface area (Å²) in [6.45, 7) is 0.685. The standard InChI is InChI=1S/C37H33N9O4/c38-45-42-32-15-5-2-10-27(32)23-37(36(48)44-40-24-28-12-7-11-25-9-1-3-13-30(25)28)34(31-14-4-6-16-33(31)43-46-39)50-35(41-37)26-17-19-29(20-18-26)49-22-8-21-47/h1-7,9-20,34,40,47H,8,21-24H2,(H,44,48)/t34-,37-/m0/s1. The van der Waals surface area contributed by atoms with Crippen LogP contribution in [-0.2, 0) is 22.5 Å². The molecule has 13 nitrogen and oxygen atoms in total. The summed E-state index contributed by atoms with van der Waals surface area (Å²) < 4.78 is 12.3. The number of carbonyl (C=O) groups is 1. The normalized spacial score (nSPS) is 16.4. The Balaban J connectivity index is 1.43.